The minimum Gasteiger partial charge on any atom is -0.373 e. The van der Waals surface area contributed by atoms with Crippen molar-refractivity contribution >= 4 is 0 Å². The van der Waals surface area contributed by atoms with Crippen molar-refractivity contribution in [3.63, 3.8) is 0 Å². The lowest BCUT2D eigenvalue weighted by atomic mass is 10.1. The van der Waals surface area contributed by atoms with Crippen LogP contribution in [-0.2, 0) is 9.47 Å². The van der Waals surface area contributed by atoms with Gasteiger partial charge in [-0.15, -0.1) is 0 Å². The van der Waals surface area contributed by atoms with E-state index in [0.717, 1.165) is 19.6 Å². The predicted octanol–water partition coefficient (Wildman–Crippen LogP) is 1.32. The molecule has 14 heavy (non-hydrogen) atoms. The number of hydrogen-bond acceptors (Lipinski definition) is 3. The number of ether oxygens (including phenoxy) is 2. The lowest BCUT2D eigenvalue weighted by Crippen LogP contribution is -2.50. The smallest absolute Gasteiger partial charge is 0.0989 e. The quantitative estimate of drug-likeness (QED) is 0.691. The Balaban J connectivity index is 1.94. The molecular formula is C11H21NO2. The van der Waals surface area contributed by atoms with Crippen molar-refractivity contribution in [2.75, 3.05) is 13.2 Å². The van der Waals surface area contributed by atoms with Crippen molar-refractivity contribution in [3.8, 4) is 0 Å². The molecule has 2 aliphatic rings. The summed E-state index contributed by atoms with van der Waals surface area (Å²) in [6.07, 6.45) is 2.88. The molecule has 3 nitrogen and oxygen atoms in total. The van der Waals surface area contributed by atoms with Gasteiger partial charge in [0.2, 0.25) is 0 Å². The van der Waals surface area contributed by atoms with Crippen LogP contribution in [0.25, 0.3) is 0 Å². The van der Waals surface area contributed by atoms with Gasteiger partial charge in [0.05, 0.1) is 24.4 Å². The molecule has 3 atom stereocenters. The molecule has 1 aliphatic heterocycles. The normalized spacial score (nSPS) is 38.4. The molecule has 1 saturated heterocycles. The lowest BCUT2D eigenvalue weighted by molar-refractivity contribution is -0.128. The van der Waals surface area contributed by atoms with Crippen LogP contribution in [0.15, 0.2) is 0 Å². The molecule has 0 amide bonds. The molecule has 0 aromatic carbocycles. The first kappa shape index (κ1) is 10.4. The number of fused-ring (bicyclic) bond motifs is 1. The first-order chi connectivity index (χ1) is 6.56. The fourth-order valence-electron chi connectivity index (χ4n) is 2.39. The molecule has 0 bridgehead atoms. The van der Waals surface area contributed by atoms with Crippen molar-refractivity contribution in [1.29, 1.82) is 0 Å². The van der Waals surface area contributed by atoms with Crippen LogP contribution in [0.1, 0.15) is 33.6 Å². The maximum atomic E-state index is 6.00. The SMILES string of the molecule is CC(C)(C)O[C@@H]1CC[C@@H]2NCCO[C@@H]21. The van der Waals surface area contributed by atoms with Gasteiger partial charge in [-0.05, 0) is 33.6 Å². The van der Waals surface area contributed by atoms with E-state index in [0.29, 0.717) is 6.04 Å². The van der Waals surface area contributed by atoms with Crippen LogP contribution < -0.4 is 5.32 Å². The highest BCUT2D eigenvalue weighted by Gasteiger charge is 2.40. The highest BCUT2D eigenvalue weighted by atomic mass is 16.6. The molecule has 0 aromatic heterocycles. The van der Waals surface area contributed by atoms with Crippen LogP contribution in [0.3, 0.4) is 0 Å². The van der Waals surface area contributed by atoms with E-state index in [9.17, 15) is 0 Å². The van der Waals surface area contributed by atoms with Gasteiger partial charge in [-0.25, -0.2) is 0 Å². The molecule has 3 heteroatoms. The second-order valence-electron chi connectivity index (χ2n) is 5.24. The Morgan fingerprint density at radius 2 is 2.07 bits per heavy atom. The molecule has 0 unspecified atom stereocenters. The fourth-order valence-corrected chi connectivity index (χ4v) is 2.39. The Morgan fingerprint density at radius 3 is 2.79 bits per heavy atom. The first-order valence-electron chi connectivity index (χ1n) is 5.59. The summed E-state index contributed by atoms with van der Waals surface area (Å²) in [5.41, 5.74) is -0.0552. The van der Waals surface area contributed by atoms with Crippen LogP contribution in [-0.4, -0.2) is 37.0 Å². The van der Waals surface area contributed by atoms with Gasteiger partial charge in [0, 0.05) is 12.6 Å². The van der Waals surface area contributed by atoms with Gasteiger partial charge in [-0.2, -0.15) is 0 Å². The maximum absolute atomic E-state index is 6.00. The molecule has 1 saturated carbocycles. The van der Waals surface area contributed by atoms with Crippen LogP contribution in [0.2, 0.25) is 0 Å². The average molecular weight is 199 g/mol. The van der Waals surface area contributed by atoms with Crippen LogP contribution in [0.5, 0.6) is 0 Å². The highest BCUT2D eigenvalue weighted by molar-refractivity contribution is 4.94. The molecule has 1 aliphatic carbocycles. The molecule has 1 heterocycles. The van der Waals surface area contributed by atoms with Crippen LogP contribution >= 0.6 is 0 Å². The fraction of sp³-hybridized carbons (Fsp3) is 1.00. The topological polar surface area (TPSA) is 30.5 Å². The predicted molar refractivity (Wildman–Crippen MR) is 55.4 cm³/mol. The minimum atomic E-state index is -0.0552. The zero-order valence-corrected chi connectivity index (χ0v) is 9.38. The summed E-state index contributed by atoms with van der Waals surface area (Å²) < 4.78 is 11.8. The van der Waals surface area contributed by atoms with Crippen molar-refractivity contribution in [1.82, 2.24) is 5.32 Å². The first-order valence-corrected chi connectivity index (χ1v) is 5.59. The minimum absolute atomic E-state index is 0.0552. The summed E-state index contributed by atoms with van der Waals surface area (Å²) >= 11 is 0. The molecule has 82 valence electrons. The van der Waals surface area contributed by atoms with Gasteiger partial charge in [-0.3, -0.25) is 0 Å². The van der Waals surface area contributed by atoms with E-state index in [1.165, 1.54) is 6.42 Å². The summed E-state index contributed by atoms with van der Waals surface area (Å²) in [4.78, 5) is 0. The van der Waals surface area contributed by atoms with Gasteiger partial charge in [0.25, 0.3) is 0 Å². The molecule has 0 spiro atoms. The summed E-state index contributed by atoms with van der Waals surface area (Å²) in [5.74, 6) is 0. The Morgan fingerprint density at radius 1 is 1.29 bits per heavy atom. The third-order valence-electron chi connectivity index (χ3n) is 2.85. The molecule has 1 N–H and O–H groups in total. The van der Waals surface area contributed by atoms with Crippen LogP contribution in [0, 0.1) is 0 Å². The summed E-state index contributed by atoms with van der Waals surface area (Å²) in [6.45, 7) is 8.14. The van der Waals surface area contributed by atoms with Crippen molar-refractivity contribution in [3.05, 3.63) is 0 Å². The van der Waals surface area contributed by atoms with E-state index in [-0.39, 0.29) is 17.8 Å². The lowest BCUT2D eigenvalue weighted by Gasteiger charge is -2.33. The summed E-state index contributed by atoms with van der Waals surface area (Å²) in [6, 6.07) is 0.524. The molecule has 2 rings (SSSR count). The summed E-state index contributed by atoms with van der Waals surface area (Å²) in [7, 11) is 0. The van der Waals surface area contributed by atoms with Crippen molar-refractivity contribution in [2.45, 2.75) is 57.5 Å². The third-order valence-corrected chi connectivity index (χ3v) is 2.85. The molecule has 0 radical (unpaired) electrons. The summed E-state index contributed by atoms with van der Waals surface area (Å²) in [5, 5.41) is 3.49. The Bertz CT molecular complexity index is 200. The zero-order chi connectivity index (χ0) is 10.2. The van der Waals surface area contributed by atoms with E-state index in [4.69, 9.17) is 9.47 Å². The maximum Gasteiger partial charge on any atom is 0.0989 e. The Hall–Kier alpha value is -0.120. The number of morpholine rings is 1. The van der Waals surface area contributed by atoms with E-state index < -0.39 is 0 Å². The third kappa shape index (κ3) is 2.27. The largest absolute Gasteiger partial charge is 0.373 e. The number of rotatable bonds is 1. The van der Waals surface area contributed by atoms with Gasteiger partial charge >= 0.3 is 0 Å². The van der Waals surface area contributed by atoms with Gasteiger partial charge in [0.1, 0.15) is 0 Å². The van der Waals surface area contributed by atoms with Gasteiger partial charge in [-0.1, -0.05) is 0 Å². The number of nitrogens with one attached hydrogen (secondary N) is 1. The van der Waals surface area contributed by atoms with Crippen LogP contribution in [0.4, 0.5) is 0 Å². The van der Waals surface area contributed by atoms with E-state index >= 15 is 0 Å². The average Bonchev–Trinajstić information content (AvgIpc) is 2.47. The monoisotopic (exact) mass is 199 g/mol. The Labute approximate surface area is 86.2 Å². The molecule has 2 fully saturated rings. The van der Waals surface area contributed by atoms with Crippen molar-refractivity contribution in [2.24, 2.45) is 0 Å². The zero-order valence-electron chi connectivity index (χ0n) is 9.38. The molecular weight excluding hydrogens is 178 g/mol. The Kier molecular flexibility index (Phi) is 2.82. The second kappa shape index (κ2) is 3.80. The van der Waals surface area contributed by atoms with E-state index in [1.54, 1.807) is 0 Å². The highest BCUT2D eigenvalue weighted by Crippen LogP contribution is 2.30. The number of hydrogen-bond donors (Lipinski definition) is 1. The van der Waals surface area contributed by atoms with Gasteiger partial charge in [0.15, 0.2) is 0 Å². The standard InChI is InChI=1S/C11H21NO2/c1-11(2,3)14-9-5-4-8-10(9)13-7-6-12-8/h8-10,12H,4-7H2,1-3H3/t8-,9+,10-/m0/s1. The molecule has 0 aromatic rings. The van der Waals surface area contributed by atoms with E-state index in [1.807, 2.05) is 0 Å². The van der Waals surface area contributed by atoms with Gasteiger partial charge < -0.3 is 14.8 Å². The van der Waals surface area contributed by atoms with E-state index in [2.05, 4.69) is 26.1 Å². The van der Waals surface area contributed by atoms with Crippen molar-refractivity contribution < 1.29 is 9.47 Å². The second-order valence-corrected chi connectivity index (χ2v) is 5.24.